The van der Waals surface area contributed by atoms with Gasteiger partial charge in [-0.1, -0.05) is 12.8 Å². The van der Waals surface area contributed by atoms with Crippen molar-refractivity contribution in [3.05, 3.63) is 0 Å². The first-order valence-electron chi connectivity index (χ1n) is 24.2. The minimum absolute atomic E-state index is 0.125. The molecule has 12 aliphatic rings. The van der Waals surface area contributed by atoms with Crippen LogP contribution in [0.1, 0.15) is 38.5 Å². The van der Waals surface area contributed by atoms with E-state index in [1.807, 2.05) is 0 Å². The first-order valence-corrected chi connectivity index (χ1v) is 25.4. The summed E-state index contributed by atoms with van der Waals surface area (Å²) in [5, 5.41) is 128. The van der Waals surface area contributed by atoms with Crippen LogP contribution in [-0.4, -0.2) is 268 Å². The Hall–Kier alpha value is -1.69. The molecule has 20 atom stereocenters. The number of thiocarbonyl (C=S) groups is 3. The summed E-state index contributed by atoms with van der Waals surface area (Å²) in [7, 11) is 1.72. The van der Waals surface area contributed by atoms with Crippen molar-refractivity contribution >= 4 is 52.0 Å². The molecule has 25 nitrogen and oxygen atoms in total. The molecule has 12 saturated heterocycles. The number of hydrogen-bond donors (Lipinski definition) is 16. The third-order valence-electron chi connectivity index (χ3n) is 13.7. The Bertz CT molecular complexity index is 1530. The fourth-order valence-electron chi connectivity index (χ4n) is 9.62. The first-order chi connectivity index (χ1) is 33.6. The molecular weight excluding hydrogens is 987 g/mol. The number of nitrogens with zero attached hydrogens (tertiary/aromatic N) is 1. The van der Waals surface area contributed by atoms with Crippen molar-refractivity contribution in [2.45, 2.75) is 149 Å². The van der Waals surface area contributed by atoms with Gasteiger partial charge >= 0.3 is 0 Å². The van der Waals surface area contributed by atoms with Gasteiger partial charge in [-0.3, -0.25) is 4.90 Å². The highest BCUT2D eigenvalue weighted by atomic mass is 32.1. The van der Waals surface area contributed by atoms with Crippen LogP contribution in [0, 0.1) is 11.8 Å². The van der Waals surface area contributed by atoms with Crippen LogP contribution in [0.5, 0.6) is 0 Å². The molecule has 0 radical (unpaired) electrons. The molecule has 0 aromatic heterocycles. The summed E-state index contributed by atoms with van der Waals surface area (Å²) >= 11 is 16.5. The van der Waals surface area contributed by atoms with Crippen molar-refractivity contribution < 1.29 is 89.0 Å². The minimum atomic E-state index is -1.55. The number of aliphatic hydroxyl groups excluding tert-OH is 10. The van der Waals surface area contributed by atoms with Crippen LogP contribution in [0.25, 0.3) is 0 Å². The summed E-state index contributed by atoms with van der Waals surface area (Å²) in [6.45, 7) is 2.48. The molecule has 0 aliphatic carbocycles. The Labute approximate surface area is 423 Å². The first kappa shape index (κ1) is 57.6. The summed E-state index contributed by atoms with van der Waals surface area (Å²) in [6.07, 6.45) is -20.0. The predicted octanol–water partition coefficient (Wildman–Crippen LogP) is -6.51. The highest BCUT2D eigenvalue weighted by molar-refractivity contribution is 7.80. The monoisotopic (exact) mass is 1060 g/mol. The van der Waals surface area contributed by atoms with Gasteiger partial charge in [0.1, 0.15) is 61.0 Å². The minimum Gasteiger partial charge on any atom is -0.394 e. The maximum absolute atomic E-state index is 11.3. The second-order valence-electron chi connectivity index (χ2n) is 18.3. The Morgan fingerprint density at radius 3 is 1.21 bits per heavy atom. The summed E-state index contributed by atoms with van der Waals surface area (Å²) in [4.78, 5) is 2.15. The van der Waals surface area contributed by atoms with E-state index in [1.54, 1.807) is 7.05 Å². The fraction of sp³-hybridized carbons (Fsp3) is 0.929. The van der Waals surface area contributed by atoms with Crippen molar-refractivity contribution in [3.8, 4) is 0 Å². The molecule has 12 aliphatic heterocycles. The summed E-state index contributed by atoms with van der Waals surface area (Å²) in [5.74, 6) is -1.05. The number of rotatable bonds is 15. The third kappa shape index (κ3) is 15.2. The smallest absolute Gasteiger partial charge is 0.186 e. The number of hydrogen-bond acceptors (Lipinski definition) is 22. The van der Waals surface area contributed by atoms with Gasteiger partial charge in [-0.25, -0.2) is 0 Å². The second kappa shape index (κ2) is 28.3. The molecule has 12 rings (SSSR count). The molecule has 404 valence electrons. The molecule has 0 amide bonds. The van der Waals surface area contributed by atoms with E-state index >= 15 is 0 Å². The van der Waals surface area contributed by atoms with Gasteiger partial charge in [0.2, 0.25) is 0 Å². The van der Waals surface area contributed by atoms with Gasteiger partial charge in [0, 0.05) is 84.5 Å². The molecule has 12 heterocycles. The standard InChI is InChI=1S/C42H75N7O18S3/c1-43-40(68)44-8-11-49(12-9-45-41(69)47-16-22-20-6-2-4-14-60-36-32(58)28(54)34(24(18-50)64-36)66-38(62-22)30(56)26(20)52)13-10-46-42(70)48-17-23-21-7-3-5-15-61-37-33(59)29(55)35(25(19-51)65-37)67-39(63-23)31(57)27(21)53/h20-39,50-59H,2-19H2,1H3,(H2,43,44,68)(H2,45,47,69)(H2,46,48,70). The van der Waals surface area contributed by atoms with E-state index in [0.717, 1.165) is 0 Å². The van der Waals surface area contributed by atoms with E-state index in [4.69, 9.17) is 74.5 Å². The zero-order chi connectivity index (χ0) is 50.5. The molecule has 70 heavy (non-hydrogen) atoms. The molecular formula is C42H75N7O18S3. The lowest BCUT2D eigenvalue weighted by Crippen LogP contribution is -2.64. The predicted molar refractivity (Wildman–Crippen MR) is 257 cm³/mol. The molecule has 0 aromatic carbocycles. The van der Waals surface area contributed by atoms with E-state index < -0.39 is 136 Å². The zero-order valence-electron chi connectivity index (χ0n) is 39.2. The second-order valence-corrected chi connectivity index (χ2v) is 19.6. The van der Waals surface area contributed by atoms with Crippen molar-refractivity contribution in [3.63, 3.8) is 0 Å². The summed E-state index contributed by atoms with van der Waals surface area (Å²) in [5.41, 5.74) is 0. The Balaban J connectivity index is 0.992. The highest BCUT2D eigenvalue weighted by Crippen LogP contribution is 2.36. The van der Waals surface area contributed by atoms with Gasteiger partial charge < -0.3 is 121 Å². The summed E-state index contributed by atoms with van der Waals surface area (Å²) < 4.78 is 47.0. The fourth-order valence-corrected chi connectivity index (χ4v) is 10.1. The molecule has 20 unspecified atom stereocenters. The molecule has 12 fully saturated rings. The normalized spacial score (nSPS) is 40.5. The zero-order valence-corrected chi connectivity index (χ0v) is 41.6. The van der Waals surface area contributed by atoms with Crippen LogP contribution in [0.4, 0.5) is 0 Å². The molecule has 0 spiro atoms. The average Bonchev–Trinajstić information content (AvgIpc) is 3.35. The van der Waals surface area contributed by atoms with Gasteiger partial charge in [-0.05, 0) is 62.3 Å². The van der Waals surface area contributed by atoms with Crippen molar-refractivity contribution in [2.75, 3.05) is 85.8 Å². The van der Waals surface area contributed by atoms with Crippen LogP contribution in [0.3, 0.4) is 0 Å². The van der Waals surface area contributed by atoms with Crippen LogP contribution in [0.2, 0.25) is 0 Å². The highest BCUT2D eigenvalue weighted by Gasteiger charge is 2.53. The Kier molecular flexibility index (Phi) is 23.3. The lowest BCUT2D eigenvalue weighted by molar-refractivity contribution is -0.355. The van der Waals surface area contributed by atoms with E-state index in [9.17, 15) is 51.1 Å². The van der Waals surface area contributed by atoms with Gasteiger partial charge in [-0.15, -0.1) is 0 Å². The number of nitrogens with one attached hydrogen (secondary N) is 6. The van der Waals surface area contributed by atoms with E-state index in [1.165, 1.54) is 0 Å². The van der Waals surface area contributed by atoms with Crippen LogP contribution in [-0.2, 0) is 37.9 Å². The molecule has 28 heteroatoms. The van der Waals surface area contributed by atoms with Crippen LogP contribution in [0.15, 0.2) is 0 Å². The molecule has 0 aromatic rings. The molecule has 0 saturated carbocycles. The molecule has 16 N–H and O–H groups in total. The Morgan fingerprint density at radius 2 is 0.829 bits per heavy atom. The van der Waals surface area contributed by atoms with E-state index in [0.29, 0.717) is 93.1 Å². The van der Waals surface area contributed by atoms with E-state index in [-0.39, 0.29) is 26.3 Å². The SMILES string of the molecule is CNC(=S)NCCN(CCNC(=S)NCC1OC2OC3C(CO)OC(OCCCCC1C(O)C2O)C(O)C3O)CCNC(=S)NCC1OC2OC3C(CO)OC(OCCCCC1C(O)C2O)C(O)C3O. The maximum atomic E-state index is 11.3. The van der Waals surface area contributed by atoms with Gasteiger partial charge in [0.25, 0.3) is 0 Å². The lowest BCUT2D eigenvalue weighted by Gasteiger charge is -2.47. The average molecular weight is 1060 g/mol. The number of aliphatic hydroxyl groups is 10. The number of ether oxygens (including phenoxy) is 8. The van der Waals surface area contributed by atoms with Gasteiger partial charge in [0.15, 0.2) is 40.5 Å². The van der Waals surface area contributed by atoms with Crippen molar-refractivity contribution in [2.24, 2.45) is 11.8 Å². The van der Waals surface area contributed by atoms with Crippen molar-refractivity contribution in [1.29, 1.82) is 0 Å². The Morgan fingerprint density at radius 1 is 0.457 bits per heavy atom. The third-order valence-corrected chi connectivity index (χ3v) is 14.6. The summed E-state index contributed by atoms with van der Waals surface area (Å²) in [6, 6.07) is 0. The van der Waals surface area contributed by atoms with Crippen LogP contribution >= 0.6 is 36.7 Å². The molecule has 8 bridgehead atoms. The topological polar surface area (TPSA) is 352 Å². The van der Waals surface area contributed by atoms with E-state index in [2.05, 4.69) is 36.8 Å². The van der Waals surface area contributed by atoms with Gasteiger partial charge in [0.05, 0.1) is 37.6 Å². The maximum Gasteiger partial charge on any atom is 0.186 e. The van der Waals surface area contributed by atoms with Crippen molar-refractivity contribution in [1.82, 2.24) is 36.8 Å². The lowest BCUT2D eigenvalue weighted by atomic mass is 9.84. The van der Waals surface area contributed by atoms with Crippen LogP contribution < -0.4 is 31.9 Å². The quantitative estimate of drug-likeness (QED) is 0.0678. The largest absolute Gasteiger partial charge is 0.394 e. The van der Waals surface area contributed by atoms with Gasteiger partial charge in [-0.2, -0.15) is 0 Å².